The highest BCUT2D eigenvalue weighted by Crippen LogP contribution is 2.23. The van der Waals surface area contributed by atoms with Crippen LogP contribution in [0.2, 0.25) is 0 Å². The first-order valence-electron chi connectivity index (χ1n) is 4.62. The van der Waals surface area contributed by atoms with Crippen molar-refractivity contribution < 1.29 is 14.6 Å². The van der Waals surface area contributed by atoms with Crippen molar-refractivity contribution in [2.45, 2.75) is 18.8 Å². The predicted octanol–water partition coefficient (Wildman–Crippen LogP) is 0.638. The van der Waals surface area contributed by atoms with Crippen molar-refractivity contribution in [3.63, 3.8) is 0 Å². The maximum absolute atomic E-state index is 10.5. The maximum Gasteiger partial charge on any atom is 0.168 e. The third-order valence-corrected chi connectivity index (χ3v) is 2.46. The lowest BCUT2D eigenvalue weighted by atomic mass is 9.97. The number of hydrogen-bond acceptors (Lipinski definition) is 4. The van der Waals surface area contributed by atoms with E-state index in [0.29, 0.717) is 11.1 Å². The Kier molecular flexibility index (Phi) is 3.57. The van der Waals surface area contributed by atoms with Gasteiger partial charge >= 0.3 is 0 Å². The van der Waals surface area contributed by atoms with Crippen molar-refractivity contribution in [1.29, 1.82) is 0 Å². The van der Waals surface area contributed by atoms with E-state index < -0.39 is 11.8 Å². The van der Waals surface area contributed by atoms with E-state index >= 15 is 0 Å². The van der Waals surface area contributed by atoms with Crippen molar-refractivity contribution in [3.05, 3.63) is 35.4 Å². The molecule has 0 spiro atoms. The summed E-state index contributed by atoms with van der Waals surface area (Å²) in [5, 5.41) is 9.53. The average molecular weight is 209 g/mol. The van der Waals surface area contributed by atoms with Gasteiger partial charge in [0.05, 0.1) is 6.10 Å². The second-order valence-corrected chi connectivity index (χ2v) is 3.41. The monoisotopic (exact) mass is 209 g/mol. The van der Waals surface area contributed by atoms with Crippen LogP contribution in [0.4, 0.5) is 0 Å². The second-order valence-electron chi connectivity index (χ2n) is 3.41. The summed E-state index contributed by atoms with van der Waals surface area (Å²) < 4.78 is 5.10. The highest BCUT2D eigenvalue weighted by molar-refractivity contribution is 5.74. The number of carbonyl (C=O) groups excluding carboxylic acids is 1. The largest absolute Gasteiger partial charge is 0.389 e. The topological polar surface area (TPSA) is 72.5 Å². The smallest absolute Gasteiger partial charge is 0.168 e. The summed E-state index contributed by atoms with van der Waals surface area (Å²) in [5.74, 6) is 0. The first kappa shape index (κ1) is 11.8. The fraction of sp³-hybridized carbons (Fsp3) is 0.364. The summed E-state index contributed by atoms with van der Waals surface area (Å²) in [4.78, 5) is 10.5. The summed E-state index contributed by atoms with van der Waals surface area (Å²) in [7, 11) is 1.43. The highest BCUT2D eigenvalue weighted by Gasteiger charge is 2.32. The number of rotatable bonds is 4. The van der Waals surface area contributed by atoms with Crippen molar-refractivity contribution in [1.82, 2.24) is 0 Å². The molecule has 4 heteroatoms. The molecule has 0 aromatic heterocycles. The Morgan fingerprint density at radius 2 is 2.00 bits per heavy atom. The zero-order valence-electron chi connectivity index (χ0n) is 8.81. The van der Waals surface area contributed by atoms with Crippen molar-refractivity contribution in [2.75, 3.05) is 7.11 Å². The number of aliphatic hydroxyl groups is 1. The van der Waals surface area contributed by atoms with E-state index in [1.807, 2.05) is 0 Å². The predicted molar refractivity (Wildman–Crippen MR) is 56.4 cm³/mol. The average Bonchev–Trinajstić information content (AvgIpc) is 2.28. The quantitative estimate of drug-likeness (QED) is 0.563. The number of benzene rings is 1. The summed E-state index contributed by atoms with van der Waals surface area (Å²) in [6.45, 7) is 1.55. The van der Waals surface area contributed by atoms with Gasteiger partial charge < -0.3 is 9.84 Å². The van der Waals surface area contributed by atoms with Gasteiger partial charge in [0, 0.05) is 18.2 Å². The number of nitrogens with two attached hydrogens (primary N) is 1. The number of carbonyl (C=O) groups is 1. The zero-order chi connectivity index (χ0) is 11.5. The van der Waals surface area contributed by atoms with Crippen LogP contribution in [0.15, 0.2) is 24.3 Å². The van der Waals surface area contributed by atoms with Crippen LogP contribution in [0, 0.1) is 0 Å². The third-order valence-electron chi connectivity index (χ3n) is 2.46. The number of ether oxygens (including phenoxy) is 1. The molecule has 1 aromatic rings. The Morgan fingerprint density at radius 3 is 2.33 bits per heavy atom. The molecule has 0 radical (unpaired) electrons. The summed E-state index contributed by atoms with van der Waals surface area (Å²) in [6.07, 6.45) is -0.0958. The molecule has 82 valence electrons. The summed E-state index contributed by atoms with van der Waals surface area (Å²) in [6, 6.07) is 6.59. The summed E-state index contributed by atoms with van der Waals surface area (Å²) >= 11 is 0. The van der Waals surface area contributed by atoms with Crippen LogP contribution in [0.3, 0.4) is 0 Å². The molecule has 0 amide bonds. The van der Waals surface area contributed by atoms with E-state index in [-0.39, 0.29) is 0 Å². The molecule has 1 rings (SSSR count). The van der Waals surface area contributed by atoms with Crippen LogP contribution >= 0.6 is 0 Å². The fourth-order valence-corrected chi connectivity index (χ4v) is 1.35. The molecular formula is C11H15NO3. The van der Waals surface area contributed by atoms with Crippen molar-refractivity contribution in [2.24, 2.45) is 5.73 Å². The molecule has 0 fully saturated rings. The molecule has 0 aliphatic carbocycles. The van der Waals surface area contributed by atoms with E-state index in [1.165, 1.54) is 7.11 Å². The molecule has 1 aromatic carbocycles. The summed E-state index contributed by atoms with van der Waals surface area (Å²) in [5.41, 5.74) is 5.85. The van der Waals surface area contributed by atoms with Crippen LogP contribution in [0.25, 0.3) is 0 Å². The number of aliphatic hydroxyl groups excluding tert-OH is 1. The van der Waals surface area contributed by atoms with Gasteiger partial charge in [0.15, 0.2) is 5.72 Å². The van der Waals surface area contributed by atoms with Crippen LogP contribution < -0.4 is 5.73 Å². The molecule has 0 aliphatic heterocycles. The lowest BCUT2D eigenvalue weighted by molar-refractivity contribution is -0.0970. The number of aldehydes is 1. The van der Waals surface area contributed by atoms with Crippen LogP contribution in [-0.4, -0.2) is 24.6 Å². The van der Waals surface area contributed by atoms with Gasteiger partial charge in [-0.05, 0) is 6.92 Å². The molecule has 0 aliphatic rings. The molecule has 0 saturated carbocycles. The number of methoxy groups -OCH3 is 1. The van der Waals surface area contributed by atoms with Crippen LogP contribution in [-0.2, 0) is 10.5 Å². The third kappa shape index (κ3) is 2.23. The highest BCUT2D eigenvalue weighted by atomic mass is 16.5. The second kappa shape index (κ2) is 4.53. The van der Waals surface area contributed by atoms with Gasteiger partial charge in [-0.3, -0.25) is 10.5 Å². The lowest BCUT2D eigenvalue weighted by Crippen LogP contribution is -2.48. The molecular weight excluding hydrogens is 194 g/mol. The van der Waals surface area contributed by atoms with Gasteiger partial charge in [0.2, 0.25) is 0 Å². The van der Waals surface area contributed by atoms with E-state index in [9.17, 15) is 9.90 Å². The standard InChI is InChI=1S/C11H15NO3/c1-8(14)11(12,15-2)10-5-3-9(7-13)4-6-10/h3-8,14H,12H2,1-2H3/t8-,11+/m1/s1. The molecule has 4 nitrogen and oxygen atoms in total. The first-order chi connectivity index (χ1) is 7.04. The van der Waals surface area contributed by atoms with Crippen LogP contribution in [0.1, 0.15) is 22.8 Å². The minimum atomic E-state index is -1.23. The van der Waals surface area contributed by atoms with Gasteiger partial charge in [-0.2, -0.15) is 0 Å². The van der Waals surface area contributed by atoms with Gasteiger partial charge in [-0.1, -0.05) is 24.3 Å². The first-order valence-corrected chi connectivity index (χ1v) is 4.62. The SMILES string of the molecule is CO[C@](N)(c1ccc(C=O)cc1)[C@@H](C)O. The number of hydrogen-bond donors (Lipinski definition) is 2. The molecule has 2 atom stereocenters. The minimum Gasteiger partial charge on any atom is -0.389 e. The van der Waals surface area contributed by atoms with Gasteiger partial charge in [0.1, 0.15) is 6.29 Å². The Morgan fingerprint density at radius 1 is 1.47 bits per heavy atom. The lowest BCUT2D eigenvalue weighted by Gasteiger charge is -2.31. The molecule has 0 heterocycles. The molecule has 3 N–H and O–H groups in total. The molecule has 0 unspecified atom stereocenters. The van der Waals surface area contributed by atoms with E-state index in [4.69, 9.17) is 10.5 Å². The minimum absolute atomic E-state index is 0.558. The van der Waals surface area contributed by atoms with Crippen LogP contribution in [0.5, 0.6) is 0 Å². The van der Waals surface area contributed by atoms with Gasteiger partial charge in [-0.25, -0.2) is 0 Å². The Labute approximate surface area is 88.7 Å². The Bertz CT molecular complexity index is 334. The normalized spacial score (nSPS) is 16.8. The van der Waals surface area contributed by atoms with E-state index in [2.05, 4.69) is 0 Å². The zero-order valence-corrected chi connectivity index (χ0v) is 8.81. The maximum atomic E-state index is 10.5. The van der Waals surface area contributed by atoms with Crippen molar-refractivity contribution >= 4 is 6.29 Å². The Balaban J connectivity index is 3.08. The molecule has 0 saturated heterocycles. The van der Waals surface area contributed by atoms with Crippen molar-refractivity contribution in [3.8, 4) is 0 Å². The van der Waals surface area contributed by atoms with E-state index in [1.54, 1.807) is 31.2 Å². The molecule has 0 bridgehead atoms. The molecule has 15 heavy (non-hydrogen) atoms. The van der Waals surface area contributed by atoms with E-state index in [0.717, 1.165) is 6.29 Å². The fourth-order valence-electron chi connectivity index (χ4n) is 1.35. The van der Waals surface area contributed by atoms with Gasteiger partial charge in [-0.15, -0.1) is 0 Å². The Hall–Kier alpha value is -1.23. The van der Waals surface area contributed by atoms with Gasteiger partial charge in [0.25, 0.3) is 0 Å².